The summed E-state index contributed by atoms with van der Waals surface area (Å²) in [5.74, 6) is -0.602. The van der Waals surface area contributed by atoms with Crippen LogP contribution >= 0.6 is 0 Å². The number of nitrogens with zero attached hydrogens (tertiary/aromatic N) is 6. The Morgan fingerprint density at radius 3 is 2.56 bits per heavy atom. The van der Waals surface area contributed by atoms with Crippen molar-refractivity contribution in [1.82, 2.24) is 29.5 Å². The second kappa shape index (κ2) is 12.6. The maximum atomic E-state index is 13.3. The molecule has 3 N–H and O–H groups in total. The molecule has 222 valence electrons. The van der Waals surface area contributed by atoms with Gasteiger partial charge in [-0.25, -0.2) is 4.98 Å². The van der Waals surface area contributed by atoms with Crippen molar-refractivity contribution in [3.8, 4) is 11.3 Å². The second-order valence-corrected chi connectivity index (χ2v) is 10.7. The van der Waals surface area contributed by atoms with Gasteiger partial charge in [0.1, 0.15) is 11.3 Å². The van der Waals surface area contributed by atoms with Crippen molar-refractivity contribution in [2.24, 2.45) is 7.05 Å². The minimum Gasteiger partial charge on any atom is -1.00 e. The number of quaternary nitrogens is 1. The van der Waals surface area contributed by atoms with E-state index in [1.54, 1.807) is 28.3 Å². The lowest BCUT2D eigenvalue weighted by Crippen LogP contribution is -3.12. The molecule has 1 saturated heterocycles. The van der Waals surface area contributed by atoms with Crippen LogP contribution in [0.5, 0.6) is 0 Å². The summed E-state index contributed by atoms with van der Waals surface area (Å²) in [4.78, 5) is 39.2. The fourth-order valence-corrected chi connectivity index (χ4v) is 5.31. The number of amides is 2. The summed E-state index contributed by atoms with van der Waals surface area (Å²) < 4.78 is 3.52. The van der Waals surface area contributed by atoms with Gasteiger partial charge >= 0.3 is 0 Å². The quantitative estimate of drug-likeness (QED) is 0.220. The van der Waals surface area contributed by atoms with E-state index in [9.17, 15) is 9.59 Å². The normalized spacial score (nSPS) is 13.5. The molecule has 1 fully saturated rings. The number of carbonyl (C=O) groups excluding carboxylic acids is 2. The molecule has 0 unspecified atom stereocenters. The highest BCUT2D eigenvalue weighted by molar-refractivity contribution is 6.04. The number of imidazole rings is 1. The molecule has 0 atom stereocenters. The molecule has 1 aliphatic heterocycles. The highest BCUT2D eigenvalue weighted by atomic mass is 35.5. The Hall–Kier alpha value is -4.74. The number of piperazine rings is 1. The van der Waals surface area contributed by atoms with Crippen LogP contribution in [0.2, 0.25) is 0 Å². The van der Waals surface area contributed by atoms with Crippen molar-refractivity contribution in [1.29, 1.82) is 0 Å². The molecule has 1 aromatic carbocycles. The first kappa shape index (κ1) is 29.7. The average Bonchev–Trinajstić information content (AvgIpc) is 3.63. The van der Waals surface area contributed by atoms with Crippen LogP contribution in [0.25, 0.3) is 16.9 Å². The topological polar surface area (TPSA) is 114 Å². The van der Waals surface area contributed by atoms with Gasteiger partial charge < -0.3 is 32.8 Å². The Morgan fingerprint density at radius 2 is 1.79 bits per heavy atom. The lowest BCUT2D eigenvalue weighted by Gasteiger charge is -2.33. The highest BCUT2D eigenvalue weighted by Gasteiger charge is 2.20. The van der Waals surface area contributed by atoms with E-state index in [-0.39, 0.29) is 24.2 Å². The average molecular weight is 600 g/mol. The van der Waals surface area contributed by atoms with E-state index in [4.69, 9.17) is 0 Å². The third-order valence-electron chi connectivity index (χ3n) is 7.85. The van der Waals surface area contributed by atoms with Gasteiger partial charge in [0.15, 0.2) is 0 Å². The molecule has 6 rings (SSSR count). The molecule has 11 nitrogen and oxygen atoms in total. The van der Waals surface area contributed by atoms with Gasteiger partial charge in [-0.15, -0.1) is 0 Å². The number of aryl methyl sites for hydroxylation is 2. The predicted octanol–water partition coefficient (Wildman–Crippen LogP) is -1.04. The Labute approximate surface area is 256 Å². The molecule has 0 spiro atoms. The molecule has 0 aliphatic carbocycles. The lowest BCUT2D eigenvalue weighted by molar-refractivity contribution is -0.880. The number of anilines is 2. The van der Waals surface area contributed by atoms with E-state index >= 15 is 0 Å². The summed E-state index contributed by atoms with van der Waals surface area (Å²) in [6.45, 7) is 6.34. The number of benzene rings is 1. The van der Waals surface area contributed by atoms with Crippen LogP contribution in [-0.4, -0.2) is 69.2 Å². The van der Waals surface area contributed by atoms with Gasteiger partial charge in [-0.2, -0.15) is 5.10 Å². The molecule has 0 radical (unpaired) electrons. The number of likely N-dealkylation sites (N-methyl/N-ethyl adjacent to an activating group) is 1. The molecule has 5 heterocycles. The summed E-state index contributed by atoms with van der Waals surface area (Å²) in [5, 5.41) is 10.2. The van der Waals surface area contributed by atoms with Crippen LogP contribution < -0.4 is 32.8 Å². The van der Waals surface area contributed by atoms with Crippen LogP contribution in [-0.2, 0) is 13.6 Å². The molecular weight excluding hydrogens is 566 g/mol. The van der Waals surface area contributed by atoms with Crippen molar-refractivity contribution in [2.75, 3.05) is 43.4 Å². The van der Waals surface area contributed by atoms with Gasteiger partial charge in [-0.3, -0.25) is 23.7 Å². The van der Waals surface area contributed by atoms with Crippen molar-refractivity contribution >= 4 is 28.8 Å². The lowest BCUT2D eigenvalue weighted by atomic mass is 10.1. The monoisotopic (exact) mass is 599 g/mol. The number of aromatic nitrogens is 5. The van der Waals surface area contributed by atoms with E-state index < -0.39 is 0 Å². The van der Waals surface area contributed by atoms with Gasteiger partial charge in [-0.1, -0.05) is 18.2 Å². The van der Waals surface area contributed by atoms with Crippen LogP contribution in [0.1, 0.15) is 32.1 Å². The summed E-state index contributed by atoms with van der Waals surface area (Å²) in [5.41, 5.74) is 6.58. The minimum absolute atomic E-state index is 0. The number of rotatable bonds is 7. The molecule has 0 saturated carbocycles. The number of fused-ring (bicyclic) bond motifs is 1. The first-order chi connectivity index (χ1) is 20.4. The van der Waals surface area contributed by atoms with Gasteiger partial charge in [-0.05, 0) is 42.8 Å². The molecule has 12 heteroatoms. The van der Waals surface area contributed by atoms with E-state index in [0.717, 1.165) is 48.7 Å². The fraction of sp³-hybridized carbons (Fsp3) is 0.258. The molecule has 43 heavy (non-hydrogen) atoms. The number of halogens is 1. The third-order valence-corrected chi connectivity index (χ3v) is 7.85. The molecule has 1 aliphatic rings. The summed E-state index contributed by atoms with van der Waals surface area (Å²) in [6, 6.07) is 15.6. The van der Waals surface area contributed by atoms with E-state index in [1.165, 1.54) is 17.3 Å². The zero-order chi connectivity index (χ0) is 29.2. The number of hydrogen-bond acceptors (Lipinski definition) is 6. The molecule has 5 aromatic rings. The van der Waals surface area contributed by atoms with E-state index in [0.29, 0.717) is 34.8 Å². The summed E-state index contributed by atoms with van der Waals surface area (Å²) in [6.07, 6.45) is 6.62. The minimum atomic E-state index is -0.346. The van der Waals surface area contributed by atoms with Gasteiger partial charge in [0.25, 0.3) is 11.8 Å². The molecule has 0 bridgehead atoms. The van der Waals surface area contributed by atoms with Gasteiger partial charge in [0.05, 0.1) is 62.1 Å². The number of nitrogens with one attached hydrogen (secondary N) is 3. The van der Waals surface area contributed by atoms with E-state index in [2.05, 4.69) is 49.8 Å². The standard InChI is InChI=1S/C31H33N9O2.ClH/c1-21-25(36-31(42)28-20-33-29-17-22(9-11-40(28)29)26-8-10-35-38(26)3)16-24(19-32-21)30(41)34-18-23-6-4-5-7-27(23)39-14-12-37(2)13-15-39;/h4-11,16-17,19-20H,12-15,18H2,1-3H3,(H,34,41)(H,36,42);1H. The molecule has 4 aromatic heterocycles. The van der Waals surface area contributed by atoms with Crippen molar-refractivity contribution in [3.63, 3.8) is 0 Å². The molecular formula is C31H34ClN9O2. The van der Waals surface area contributed by atoms with Crippen LogP contribution in [0.4, 0.5) is 11.4 Å². The first-order valence-electron chi connectivity index (χ1n) is 14.0. The molecule has 2 amide bonds. The van der Waals surface area contributed by atoms with Crippen LogP contribution in [0.3, 0.4) is 0 Å². The van der Waals surface area contributed by atoms with Crippen LogP contribution in [0.15, 0.2) is 73.3 Å². The third kappa shape index (κ3) is 6.23. The van der Waals surface area contributed by atoms with E-state index in [1.807, 2.05) is 43.6 Å². The number of hydrogen-bond donors (Lipinski definition) is 3. The smallest absolute Gasteiger partial charge is 0.274 e. The Kier molecular flexibility index (Phi) is 8.74. The summed E-state index contributed by atoms with van der Waals surface area (Å²) >= 11 is 0. The second-order valence-electron chi connectivity index (χ2n) is 10.7. The highest BCUT2D eigenvalue weighted by Crippen LogP contribution is 2.23. The zero-order valence-electron chi connectivity index (χ0n) is 24.3. The van der Waals surface area contributed by atoms with Gasteiger partial charge in [0, 0.05) is 43.4 Å². The largest absolute Gasteiger partial charge is 1.00 e. The Morgan fingerprint density at radius 1 is 1.00 bits per heavy atom. The predicted molar refractivity (Wildman–Crippen MR) is 161 cm³/mol. The Balaban J connectivity index is 0.00000368. The maximum absolute atomic E-state index is 13.3. The van der Waals surface area contributed by atoms with Gasteiger partial charge in [0.2, 0.25) is 0 Å². The van der Waals surface area contributed by atoms with Crippen LogP contribution in [0, 0.1) is 6.92 Å². The number of para-hydroxylation sites is 1. The fourth-order valence-electron chi connectivity index (χ4n) is 5.31. The van der Waals surface area contributed by atoms with Crippen molar-refractivity contribution in [3.05, 3.63) is 95.8 Å². The van der Waals surface area contributed by atoms with Crippen molar-refractivity contribution < 1.29 is 26.9 Å². The van der Waals surface area contributed by atoms with Crippen molar-refractivity contribution in [2.45, 2.75) is 13.5 Å². The number of carbonyl (C=O) groups is 2. The Bertz CT molecular complexity index is 1770. The summed E-state index contributed by atoms with van der Waals surface area (Å²) in [7, 11) is 4.09. The maximum Gasteiger partial charge on any atom is 0.274 e. The SMILES string of the molecule is Cc1ncc(C(=O)NCc2ccccc2N2CC[NH+](C)CC2)cc1NC(=O)c1cnc2cc(-c3ccnn3C)ccn12.[Cl-]. The number of pyridine rings is 2. The first-order valence-corrected chi connectivity index (χ1v) is 14.0. The zero-order valence-corrected chi connectivity index (χ0v) is 25.1.